The van der Waals surface area contributed by atoms with E-state index < -0.39 is 6.61 Å². The second-order valence-electron chi connectivity index (χ2n) is 5.10. The lowest BCUT2D eigenvalue weighted by atomic mass is 10.0. The molecule has 0 spiro atoms. The van der Waals surface area contributed by atoms with E-state index in [1.807, 2.05) is 12.1 Å². The summed E-state index contributed by atoms with van der Waals surface area (Å²) in [6.07, 6.45) is 3.60. The zero-order valence-corrected chi connectivity index (χ0v) is 11.7. The third-order valence-corrected chi connectivity index (χ3v) is 3.64. The van der Waals surface area contributed by atoms with Gasteiger partial charge in [0.25, 0.3) is 0 Å². The second kappa shape index (κ2) is 7.55. The molecule has 1 saturated heterocycles. The van der Waals surface area contributed by atoms with Crippen LogP contribution in [0.15, 0.2) is 24.3 Å². The van der Waals surface area contributed by atoms with Gasteiger partial charge in [0.2, 0.25) is 0 Å². The highest BCUT2D eigenvalue weighted by atomic mass is 19.3. The van der Waals surface area contributed by atoms with Crippen LogP contribution in [0.1, 0.15) is 24.8 Å². The van der Waals surface area contributed by atoms with E-state index in [9.17, 15) is 8.78 Å². The third kappa shape index (κ3) is 4.42. The third-order valence-electron chi connectivity index (χ3n) is 3.64. The SMILES string of the molecule is COC[C@@H]1CCCCN1Cc1ccc(OC(F)F)cc1. The maximum absolute atomic E-state index is 12.1. The Kier molecular flexibility index (Phi) is 5.73. The van der Waals surface area contributed by atoms with E-state index in [2.05, 4.69) is 9.64 Å². The first-order chi connectivity index (χ1) is 9.69. The van der Waals surface area contributed by atoms with Gasteiger partial charge in [-0.15, -0.1) is 0 Å². The molecule has 0 amide bonds. The quantitative estimate of drug-likeness (QED) is 0.800. The van der Waals surface area contributed by atoms with Crippen molar-refractivity contribution < 1.29 is 18.3 Å². The van der Waals surface area contributed by atoms with Gasteiger partial charge < -0.3 is 9.47 Å². The summed E-state index contributed by atoms with van der Waals surface area (Å²) in [4.78, 5) is 2.40. The summed E-state index contributed by atoms with van der Waals surface area (Å²) in [7, 11) is 1.73. The molecule has 1 fully saturated rings. The summed E-state index contributed by atoms with van der Waals surface area (Å²) >= 11 is 0. The minimum absolute atomic E-state index is 0.204. The minimum atomic E-state index is -2.77. The van der Waals surface area contributed by atoms with Crippen molar-refractivity contribution in [1.82, 2.24) is 4.90 Å². The molecule has 112 valence electrons. The lowest BCUT2D eigenvalue weighted by Gasteiger charge is -2.35. The van der Waals surface area contributed by atoms with Crippen molar-refractivity contribution >= 4 is 0 Å². The van der Waals surface area contributed by atoms with Gasteiger partial charge in [0.15, 0.2) is 0 Å². The fourth-order valence-electron chi connectivity index (χ4n) is 2.66. The van der Waals surface area contributed by atoms with E-state index in [1.165, 1.54) is 12.8 Å². The first-order valence-corrected chi connectivity index (χ1v) is 6.96. The Labute approximate surface area is 118 Å². The number of hydrogen-bond donors (Lipinski definition) is 0. The normalized spacial score (nSPS) is 20.3. The molecule has 3 nitrogen and oxygen atoms in total. The van der Waals surface area contributed by atoms with Gasteiger partial charge in [0.05, 0.1) is 6.61 Å². The van der Waals surface area contributed by atoms with Crippen molar-refractivity contribution in [3.05, 3.63) is 29.8 Å². The molecule has 5 heteroatoms. The van der Waals surface area contributed by atoms with Crippen molar-refractivity contribution in [2.24, 2.45) is 0 Å². The molecular weight excluding hydrogens is 264 g/mol. The molecule has 1 aliphatic heterocycles. The number of piperidine rings is 1. The van der Waals surface area contributed by atoms with Gasteiger partial charge in [-0.25, -0.2) is 0 Å². The first-order valence-electron chi connectivity index (χ1n) is 6.96. The highest BCUT2D eigenvalue weighted by Crippen LogP contribution is 2.21. The van der Waals surface area contributed by atoms with Crippen LogP contribution in [-0.2, 0) is 11.3 Å². The zero-order valence-electron chi connectivity index (χ0n) is 11.7. The maximum Gasteiger partial charge on any atom is 0.387 e. The number of halogens is 2. The molecule has 0 aliphatic carbocycles. The van der Waals surface area contributed by atoms with E-state index >= 15 is 0 Å². The number of benzene rings is 1. The molecule has 1 aromatic rings. The average Bonchev–Trinajstić information content (AvgIpc) is 2.43. The Hall–Kier alpha value is -1.20. The number of ether oxygens (including phenoxy) is 2. The molecule has 1 heterocycles. The van der Waals surface area contributed by atoms with Crippen molar-refractivity contribution in [1.29, 1.82) is 0 Å². The molecule has 20 heavy (non-hydrogen) atoms. The molecular formula is C15H21F2NO2. The smallest absolute Gasteiger partial charge is 0.387 e. The van der Waals surface area contributed by atoms with E-state index in [0.29, 0.717) is 6.04 Å². The van der Waals surface area contributed by atoms with Crippen LogP contribution in [0.3, 0.4) is 0 Å². The first kappa shape index (κ1) is 15.2. The predicted molar refractivity (Wildman–Crippen MR) is 73.0 cm³/mol. The van der Waals surface area contributed by atoms with Crippen molar-refractivity contribution in [3.63, 3.8) is 0 Å². The number of rotatable bonds is 6. The van der Waals surface area contributed by atoms with E-state index in [1.54, 1.807) is 19.2 Å². The molecule has 0 N–H and O–H groups in total. The summed E-state index contributed by atoms with van der Waals surface area (Å²) in [5.41, 5.74) is 1.11. The Morgan fingerprint density at radius 3 is 2.65 bits per heavy atom. The summed E-state index contributed by atoms with van der Waals surface area (Å²) in [5, 5.41) is 0. The van der Waals surface area contributed by atoms with Crippen LogP contribution in [0.5, 0.6) is 5.75 Å². The van der Waals surface area contributed by atoms with Gasteiger partial charge >= 0.3 is 6.61 Å². The van der Waals surface area contributed by atoms with Gasteiger partial charge in [0, 0.05) is 19.7 Å². The van der Waals surface area contributed by atoms with Crippen LogP contribution >= 0.6 is 0 Å². The van der Waals surface area contributed by atoms with Crippen molar-refractivity contribution in [3.8, 4) is 5.75 Å². The Bertz CT molecular complexity index is 395. The Balaban J connectivity index is 1.94. The van der Waals surface area contributed by atoms with Gasteiger partial charge in [-0.2, -0.15) is 8.78 Å². The summed E-state index contributed by atoms with van der Waals surface area (Å²) in [6.45, 7) is -0.146. The highest BCUT2D eigenvalue weighted by molar-refractivity contribution is 5.27. The number of hydrogen-bond acceptors (Lipinski definition) is 3. The number of likely N-dealkylation sites (tertiary alicyclic amines) is 1. The van der Waals surface area contributed by atoms with Crippen molar-refractivity contribution in [2.45, 2.75) is 38.5 Å². The summed E-state index contributed by atoms with van der Waals surface area (Å²) in [5.74, 6) is 0.204. The lowest BCUT2D eigenvalue weighted by molar-refractivity contribution is -0.0498. The van der Waals surface area contributed by atoms with Crippen LogP contribution in [0.4, 0.5) is 8.78 Å². The molecule has 0 unspecified atom stereocenters. The number of methoxy groups -OCH3 is 1. The van der Waals surface area contributed by atoms with Gasteiger partial charge in [-0.3, -0.25) is 4.90 Å². The standard InChI is InChI=1S/C15H21F2NO2/c1-19-11-13-4-2-3-9-18(13)10-12-5-7-14(8-6-12)20-15(16)17/h5-8,13,15H,2-4,9-11H2,1H3/t13-/m0/s1. The largest absolute Gasteiger partial charge is 0.435 e. The van der Waals surface area contributed by atoms with Crippen LogP contribution in [0.2, 0.25) is 0 Å². The lowest BCUT2D eigenvalue weighted by Crippen LogP contribution is -2.41. The topological polar surface area (TPSA) is 21.7 Å². The summed E-state index contributed by atoms with van der Waals surface area (Å²) < 4.78 is 33.8. The average molecular weight is 285 g/mol. The number of nitrogens with zero attached hydrogens (tertiary/aromatic N) is 1. The Morgan fingerprint density at radius 2 is 2.00 bits per heavy atom. The van der Waals surface area contributed by atoms with Crippen LogP contribution < -0.4 is 4.74 Å². The highest BCUT2D eigenvalue weighted by Gasteiger charge is 2.22. The fourth-order valence-corrected chi connectivity index (χ4v) is 2.66. The number of alkyl halides is 2. The molecule has 0 radical (unpaired) electrons. The minimum Gasteiger partial charge on any atom is -0.435 e. The fraction of sp³-hybridized carbons (Fsp3) is 0.600. The van der Waals surface area contributed by atoms with Crippen LogP contribution in [0.25, 0.3) is 0 Å². The van der Waals surface area contributed by atoms with E-state index in [0.717, 1.165) is 31.7 Å². The van der Waals surface area contributed by atoms with Crippen LogP contribution in [0, 0.1) is 0 Å². The molecule has 1 aromatic carbocycles. The van der Waals surface area contributed by atoms with E-state index in [4.69, 9.17) is 4.74 Å². The molecule has 2 rings (SSSR count). The van der Waals surface area contributed by atoms with Gasteiger partial charge in [-0.1, -0.05) is 18.6 Å². The second-order valence-corrected chi connectivity index (χ2v) is 5.10. The maximum atomic E-state index is 12.1. The molecule has 1 aliphatic rings. The molecule has 0 saturated carbocycles. The molecule has 1 atom stereocenters. The molecule has 0 bridgehead atoms. The van der Waals surface area contributed by atoms with E-state index in [-0.39, 0.29) is 5.75 Å². The van der Waals surface area contributed by atoms with Crippen molar-refractivity contribution in [2.75, 3.05) is 20.3 Å². The molecule has 0 aromatic heterocycles. The van der Waals surface area contributed by atoms with Crippen LogP contribution in [-0.4, -0.2) is 37.8 Å². The van der Waals surface area contributed by atoms with Gasteiger partial charge in [-0.05, 0) is 37.1 Å². The Morgan fingerprint density at radius 1 is 1.25 bits per heavy atom. The summed E-state index contributed by atoms with van der Waals surface area (Å²) in [6, 6.07) is 7.32. The zero-order chi connectivity index (χ0) is 14.4. The monoisotopic (exact) mass is 285 g/mol. The predicted octanol–water partition coefficient (Wildman–Crippen LogP) is 3.29. The van der Waals surface area contributed by atoms with Gasteiger partial charge in [0.1, 0.15) is 5.75 Å².